The van der Waals surface area contributed by atoms with Crippen LogP contribution in [0.5, 0.6) is 0 Å². The number of aromatic nitrogens is 3. The molecule has 0 radical (unpaired) electrons. The number of rotatable bonds is 5. The second kappa shape index (κ2) is 9.28. The van der Waals surface area contributed by atoms with E-state index in [1.165, 1.54) is 64.4 Å². The number of alkyl halides is 2. The fourth-order valence-electron chi connectivity index (χ4n) is 4.31. The van der Waals surface area contributed by atoms with E-state index >= 15 is 0 Å². The number of halogens is 2. The molecule has 8 nitrogen and oxygen atoms in total. The minimum absolute atomic E-state index is 0.0597. The van der Waals surface area contributed by atoms with Crippen molar-refractivity contribution >= 4 is 23.2 Å². The molecule has 1 aliphatic rings. The molecule has 2 amide bonds. The van der Waals surface area contributed by atoms with E-state index in [2.05, 4.69) is 15.4 Å². The molecular weight excluding hydrogens is 478 g/mol. The van der Waals surface area contributed by atoms with Gasteiger partial charge < -0.3 is 10.2 Å². The van der Waals surface area contributed by atoms with Crippen LogP contribution in [0.2, 0.25) is 0 Å². The maximum absolute atomic E-state index is 14.9. The highest BCUT2D eigenvalue weighted by Gasteiger charge is 2.38. The Kier molecular flexibility index (Phi) is 5.97. The minimum Gasteiger partial charge on any atom is -0.322 e. The first-order valence-electron chi connectivity index (χ1n) is 11.4. The Morgan fingerprint density at radius 1 is 1.11 bits per heavy atom. The Morgan fingerprint density at radius 3 is 2.59 bits per heavy atom. The van der Waals surface area contributed by atoms with E-state index in [9.17, 15) is 18.4 Å². The molecule has 5 rings (SSSR count). The number of hydrogen-bond acceptors (Lipinski definition) is 5. The molecule has 2 aromatic carbocycles. The molecule has 37 heavy (non-hydrogen) atoms. The van der Waals surface area contributed by atoms with Crippen LogP contribution in [0.25, 0.3) is 0 Å². The number of nitrogens with one attached hydrogen (secondary N) is 1. The lowest BCUT2D eigenvalue weighted by Crippen LogP contribution is -2.47. The summed E-state index contributed by atoms with van der Waals surface area (Å²) < 4.78 is 31.3. The molecule has 0 spiro atoms. The molecule has 184 valence electrons. The van der Waals surface area contributed by atoms with Gasteiger partial charge in [0, 0.05) is 11.3 Å². The van der Waals surface area contributed by atoms with Crippen molar-refractivity contribution in [3.05, 3.63) is 107 Å². The number of carbonyl (C=O) groups excluding carboxylic acids is 2. The van der Waals surface area contributed by atoms with Gasteiger partial charge in [-0.15, -0.1) is 0 Å². The predicted molar refractivity (Wildman–Crippen MR) is 131 cm³/mol. The van der Waals surface area contributed by atoms with Gasteiger partial charge >= 0.3 is 5.92 Å². The van der Waals surface area contributed by atoms with Crippen LogP contribution in [0.3, 0.4) is 0 Å². The molecule has 4 aromatic rings. The van der Waals surface area contributed by atoms with Crippen LogP contribution in [0.4, 0.5) is 20.2 Å². The molecule has 0 saturated carbocycles. The zero-order chi connectivity index (χ0) is 26.2. The van der Waals surface area contributed by atoms with Crippen LogP contribution in [-0.2, 0) is 12.5 Å². The lowest BCUT2D eigenvalue weighted by Gasteiger charge is -2.34. The van der Waals surface area contributed by atoms with Crippen molar-refractivity contribution in [1.82, 2.24) is 14.8 Å². The molecule has 0 saturated heterocycles. The highest BCUT2D eigenvalue weighted by molar-refractivity contribution is 6.15. The summed E-state index contributed by atoms with van der Waals surface area (Å²) in [6, 6.07) is 18.0. The number of benzene rings is 2. The molecular formula is C27H20F2N6O2. The quantitative estimate of drug-likeness (QED) is 0.433. The van der Waals surface area contributed by atoms with Crippen LogP contribution in [0, 0.1) is 11.3 Å². The molecule has 1 unspecified atom stereocenters. The third-order valence-electron chi connectivity index (χ3n) is 6.12. The summed E-state index contributed by atoms with van der Waals surface area (Å²) in [7, 11) is 0. The van der Waals surface area contributed by atoms with Gasteiger partial charge in [0.25, 0.3) is 11.8 Å². The van der Waals surface area contributed by atoms with E-state index < -0.39 is 23.4 Å². The number of nitrogens with zero attached hydrogens (tertiary/aromatic N) is 5. The SMILES string of the molecule is CC1Cn2ncc(C(=O)Nc3cccc(C#N)c3)c2C(=O)N1c1ccc(C(F)(F)c2ccccc2)nc1. The third kappa shape index (κ3) is 4.31. The van der Waals surface area contributed by atoms with Crippen LogP contribution in [0.15, 0.2) is 79.1 Å². The maximum Gasteiger partial charge on any atom is 0.314 e. The Balaban J connectivity index is 1.42. The first-order chi connectivity index (χ1) is 17.8. The minimum atomic E-state index is -3.30. The second-order valence-electron chi connectivity index (χ2n) is 8.60. The van der Waals surface area contributed by atoms with E-state index in [1.54, 1.807) is 31.2 Å². The van der Waals surface area contributed by atoms with Crippen molar-refractivity contribution in [2.75, 3.05) is 10.2 Å². The van der Waals surface area contributed by atoms with Crippen molar-refractivity contribution in [2.45, 2.75) is 25.4 Å². The van der Waals surface area contributed by atoms with Crippen LogP contribution >= 0.6 is 0 Å². The standard InChI is InChI=1S/C27H20F2N6O2/c1-17-16-34-24(22(15-32-34)25(36)33-20-9-5-6-18(12-20)13-30)26(37)35(17)21-10-11-23(31-14-21)27(28,29)19-7-3-2-4-8-19/h2-12,14-15,17H,16H2,1H3,(H,33,36). The van der Waals surface area contributed by atoms with Gasteiger partial charge in [-0.05, 0) is 37.3 Å². The fraction of sp³-hybridized carbons (Fsp3) is 0.148. The molecule has 0 aliphatic carbocycles. The average molecular weight is 498 g/mol. The number of anilines is 2. The summed E-state index contributed by atoms with van der Waals surface area (Å²) in [5.41, 5.74) is 0.610. The van der Waals surface area contributed by atoms with Crippen LogP contribution < -0.4 is 10.2 Å². The first-order valence-corrected chi connectivity index (χ1v) is 11.4. The largest absolute Gasteiger partial charge is 0.322 e. The molecule has 1 atom stereocenters. The van der Waals surface area contributed by atoms with Crippen molar-refractivity contribution < 1.29 is 18.4 Å². The van der Waals surface area contributed by atoms with Gasteiger partial charge in [-0.25, -0.2) is 0 Å². The van der Waals surface area contributed by atoms with E-state index in [0.717, 1.165) is 0 Å². The van der Waals surface area contributed by atoms with E-state index in [1.807, 2.05) is 6.07 Å². The first kappa shape index (κ1) is 23.8. The fourth-order valence-corrected chi connectivity index (χ4v) is 4.31. The van der Waals surface area contributed by atoms with E-state index in [0.29, 0.717) is 23.5 Å². The van der Waals surface area contributed by atoms with Gasteiger partial charge in [-0.1, -0.05) is 36.4 Å². The molecule has 10 heteroatoms. The lowest BCUT2D eigenvalue weighted by atomic mass is 10.0. The van der Waals surface area contributed by atoms with Crippen LogP contribution in [0.1, 0.15) is 44.6 Å². The number of carbonyl (C=O) groups is 2. The molecule has 1 aliphatic heterocycles. The highest BCUT2D eigenvalue weighted by atomic mass is 19.3. The lowest BCUT2D eigenvalue weighted by molar-refractivity contribution is 0.0380. The van der Waals surface area contributed by atoms with Crippen LogP contribution in [-0.4, -0.2) is 32.6 Å². The summed E-state index contributed by atoms with van der Waals surface area (Å²) in [5.74, 6) is -4.36. The normalized spacial score (nSPS) is 15.1. The number of fused-ring (bicyclic) bond motifs is 1. The Morgan fingerprint density at radius 2 is 1.89 bits per heavy atom. The number of nitriles is 1. The van der Waals surface area contributed by atoms with Gasteiger partial charge in [-0.3, -0.25) is 19.3 Å². The molecule has 0 bridgehead atoms. The zero-order valence-corrected chi connectivity index (χ0v) is 19.6. The number of amides is 2. The summed E-state index contributed by atoms with van der Waals surface area (Å²) in [4.78, 5) is 31.9. The zero-order valence-electron chi connectivity index (χ0n) is 19.6. The van der Waals surface area contributed by atoms with Crippen molar-refractivity contribution in [3.8, 4) is 6.07 Å². The second-order valence-corrected chi connectivity index (χ2v) is 8.60. The monoisotopic (exact) mass is 498 g/mol. The van der Waals surface area contributed by atoms with Crippen molar-refractivity contribution in [1.29, 1.82) is 5.26 Å². The Hall–Kier alpha value is -4.91. The summed E-state index contributed by atoms with van der Waals surface area (Å²) in [6.07, 6.45) is 2.55. The predicted octanol–water partition coefficient (Wildman–Crippen LogP) is 4.59. The highest BCUT2D eigenvalue weighted by Crippen LogP contribution is 2.35. The smallest absolute Gasteiger partial charge is 0.314 e. The van der Waals surface area contributed by atoms with Gasteiger partial charge in [0.05, 0.1) is 47.9 Å². The topological polar surface area (TPSA) is 104 Å². The number of pyridine rings is 1. The third-order valence-corrected chi connectivity index (χ3v) is 6.12. The van der Waals surface area contributed by atoms with Gasteiger partial charge in [0.2, 0.25) is 0 Å². The van der Waals surface area contributed by atoms with Crippen molar-refractivity contribution in [2.24, 2.45) is 0 Å². The Bertz CT molecular complexity index is 1530. The summed E-state index contributed by atoms with van der Waals surface area (Å²) in [5, 5.41) is 16.0. The van der Waals surface area contributed by atoms with E-state index in [-0.39, 0.29) is 22.9 Å². The molecule has 1 N–H and O–H groups in total. The number of hydrogen-bond donors (Lipinski definition) is 1. The average Bonchev–Trinajstić information content (AvgIpc) is 3.34. The summed E-state index contributed by atoms with van der Waals surface area (Å²) in [6.45, 7) is 2.09. The van der Waals surface area contributed by atoms with Crippen molar-refractivity contribution in [3.63, 3.8) is 0 Å². The molecule has 3 heterocycles. The van der Waals surface area contributed by atoms with Gasteiger partial charge in [-0.2, -0.15) is 19.1 Å². The maximum atomic E-state index is 14.9. The molecule has 0 fully saturated rings. The van der Waals surface area contributed by atoms with Gasteiger partial charge in [0.15, 0.2) is 0 Å². The molecule has 2 aromatic heterocycles. The Labute approximate surface area is 210 Å². The summed E-state index contributed by atoms with van der Waals surface area (Å²) >= 11 is 0. The van der Waals surface area contributed by atoms with Gasteiger partial charge in [0.1, 0.15) is 11.4 Å². The van der Waals surface area contributed by atoms with E-state index in [4.69, 9.17) is 5.26 Å².